The molecule has 2 saturated heterocycles. The van der Waals surface area contributed by atoms with Crippen LogP contribution in [-0.2, 0) is 11.2 Å². The maximum atomic E-state index is 13.0. The Morgan fingerprint density at radius 1 is 1.19 bits per heavy atom. The molecule has 2 atom stereocenters. The van der Waals surface area contributed by atoms with Crippen molar-refractivity contribution in [2.24, 2.45) is 5.92 Å². The van der Waals surface area contributed by atoms with Gasteiger partial charge in [0.05, 0.1) is 17.3 Å². The van der Waals surface area contributed by atoms with Crippen molar-refractivity contribution in [3.8, 4) is 0 Å². The first-order valence-corrected chi connectivity index (χ1v) is 11.0. The molecule has 0 bridgehead atoms. The van der Waals surface area contributed by atoms with Crippen molar-refractivity contribution in [3.63, 3.8) is 0 Å². The lowest BCUT2D eigenvalue weighted by atomic mass is 9.91. The van der Waals surface area contributed by atoms with Gasteiger partial charge in [0.15, 0.2) is 0 Å². The topological polar surface area (TPSA) is 95.7 Å². The van der Waals surface area contributed by atoms with Crippen molar-refractivity contribution in [2.45, 2.75) is 38.5 Å². The van der Waals surface area contributed by atoms with Gasteiger partial charge in [-0.05, 0) is 31.7 Å². The molecule has 2 amide bonds. The van der Waals surface area contributed by atoms with Gasteiger partial charge in [-0.1, -0.05) is 12.1 Å². The van der Waals surface area contributed by atoms with E-state index in [-0.39, 0.29) is 29.4 Å². The van der Waals surface area contributed by atoms with Crippen LogP contribution in [0.25, 0.3) is 0 Å². The second kappa shape index (κ2) is 9.03. The Morgan fingerprint density at radius 3 is 2.65 bits per heavy atom. The van der Waals surface area contributed by atoms with E-state index in [9.17, 15) is 9.59 Å². The van der Waals surface area contributed by atoms with Crippen LogP contribution in [0.3, 0.4) is 0 Å². The number of aromatic nitrogens is 3. The summed E-state index contributed by atoms with van der Waals surface area (Å²) in [5.74, 6) is 0.114. The van der Waals surface area contributed by atoms with Gasteiger partial charge in [0.1, 0.15) is 0 Å². The number of hydrogen-bond donors (Lipinski definition) is 0. The highest BCUT2D eigenvalue weighted by molar-refractivity contribution is 5.92. The molecule has 0 unspecified atom stereocenters. The Labute approximate surface area is 182 Å². The van der Waals surface area contributed by atoms with Crippen LogP contribution in [0.2, 0.25) is 0 Å². The number of rotatable bonds is 5. The lowest BCUT2D eigenvalue weighted by Crippen LogP contribution is -2.35. The van der Waals surface area contributed by atoms with Crippen LogP contribution < -0.4 is 4.90 Å². The predicted octanol–water partition coefficient (Wildman–Crippen LogP) is 1.96. The quantitative estimate of drug-likeness (QED) is 0.721. The monoisotopic (exact) mass is 426 g/mol. The molecule has 0 aromatic carbocycles. The van der Waals surface area contributed by atoms with E-state index in [2.05, 4.69) is 15.0 Å². The van der Waals surface area contributed by atoms with Crippen LogP contribution in [0.15, 0.2) is 22.9 Å². The largest absolute Gasteiger partial charge is 0.351 e. The first kappa shape index (κ1) is 21.3. The van der Waals surface area contributed by atoms with E-state index in [1.54, 1.807) is 36.2 Å². The van der Waals surface area contributed by atoms with Crippen LogP contribution in [-0.4, -0.2) is 77.0 Å². The van der Waals surface area contributed by atoms with Gasteiger partial charge >= 0.3 is 0 Å². The molecule has 166 valence electrons. The smallest absolute Gasteiger partial charge is 0.292 e. The van der Waals surface area contributed by atoms with Gasteiger partial charge < -0.3 is 19.2 Å². The van der Waals surface area contributed by atoms with E-state index in [4.69, 9.17) is 9.51 Å². The van der Waals surface area contributed by atoms with Gasteiger partial charge in [0, 0.05) is 58.5 Å². The first-order valence-electron chi connectivity index (χ1n) is 11.0. The molecule has 0 spiro atoms. The number of aryl methyl sites for hydroxylation is 1. The van der Waals surface area contributed by atoms with Crippen LogP contribution in [0.5, 0.6) is 0 Å². The number of anilines is 1. The molecular formula is C22H30N6O3. The van der Waals surface area contributed by atoms with E-state index >= 15 is 0 Å². The molecule has 2 aromatic heterocycles. The van der Waals surface area contributed by atoms with Gasteiger partial charge in [-0.3, -0.25) is 9.59 Å². The highest BCUT2D eigenvalue weighted by atomic mass is 16.5. The lowest BCUT2D eigenvalue weighted by Gasteiger charge is -2.27. The molecule has 2 aliphatic heterocycles. The zero-order valence-corrected chi connectivity index (χ0v) is 18.5. The van der Waals surface area contributed by atoms with Crippen LogP contribution >= 0.6 is 0 Å². The van der Waals surface area contributed by atoms with E-state index in [1.807, 2.05) is 13.0 Å². The lowest BCUT2D eigenvalue weighted by molar-refractivity contribution is -0.132. The van der Waals surface area contributed by atoms with Crippen LogP contribution in [0, 0.1) is 5.92 Å². The Kier molecular flexibility index (Phi) is 6.20. The van der Waals surface area contributed by atoms with Crippen molar-refractivity contribution >= 4 is 17.8 Å². The van der Waals surface area contributed by atoms with Gasteiger partial charge in [-0.15, -0.1) is 0 Å². The fourth-order valence-corrected chi connectivity index (χ4v) is 4.40. The summed E-state index contributed by atoms with van der Waals surface area (Å²) in [6, 6.07) is 3.54. The molecule has 2 fully saturated rings. The number of likely N-dealkylation sites (tertiary alicyclic amines) is 1. The zero-order valence-electron chi connectivity index (χ0n) is 18.5. The molecule has 9 nitrogen and oxygen atoms in total. The molecule has 0 aliphatic carbocycles. The molecule has 2 aliphatic rings. The highest BCUT2D eigenvalue weighted by Crippen LogP contribution is 2.34. The third-order valence-electron chi connectivity index (χ3n) is 6.18. The van der Waals surface area contributed by atoms with Crippen molar-refractivity contribution in [2.75, 3.05) is 45.2 Å². The van der Waals surface area contributed by atoms with Gasteiger partial charge in [-0.2, -0.15) is 0 Å². The highest BCUT2D eigenvalue weighted by Gasteiger charge is 2.43. The molecule has 0 radical (unpaired) electrons. The summed E-state index contributed by atoms with van der Waals surface area (Å²) >= 11 is 0. The summed E-state index contributed by atoms with van der Waals surface area (Å²) < 4.78 is 5.24. The fraction of sp³-hybridized carbons (Fsp3) is 0.591. The molecular weight excluding hydrogens is 396 g/mol. The Balaban J connectivity index is 1.60. The van der Waals surface area contributed by atoms with Crippen molar-refractivity contribution < 1.29 is 14.1 Å². The first-order chi connectivity index (χ1) is 15.0. The van der Waals surface area contributed by atoms with Gasteiger partial charge in [0.2, 0.25) is 17.6 Å². The SMILES string of the molecule is CCc1cc(C(=O)N2C[C@H](C(=O)N(C)C)[C@@H](c3ccnc(N4CCCCC4)n3)C2)on1. The maximum absolute atomic E-state index is 13.0. The molecule has 4 rings (SSSR count). The Morgan fingerprint density at radius 2 is 1.97 bits per heavy atom. The average molecular weight is 427 g/mol. The second-order valence-electron chi connectivity index (χ2n) is 8.52. The molecule has 9 heteroatoms. The molecule has 0 N–H and O–H groups in total. The third kappa shape index (κ3) is 4.40. The second-order valence-corrected chi connectivity index (χ2v) is 8.52. The number of carbonyl (C=O) groups excluding carboxylic acids is 2. The number of hydrogen-bond acceptors (Lipinski definition) is 7. The standard InChI is InChI=1S/C22H30N6O3/c1-4-15-12-19(31-25-15)21(30)28-13-16(17(14-28)20(29)26(2)3)18-8-9-23-22(24-18)27-10-6-5-7-11-27/h8-9,12,16-17H,4-7,10-11,13-14H2,1-3H3/t16-,17-/m0/s1. The minimum absolute atomic E-state index is 0.00903. The molecule has 4 heterocycles. The summed E-state index contributed by atoms with van der Waals surface area (Å²) in [6.45, 7) is 4.58. The van der Waals surface area contributed by atoms with Gasteiger partial charge in [-0.25, -0.2) is 9.97 Å². The zero-order chi connectivity index (χ0) is 22.0. The number of carbonyl (C=O) groups is 2. The van der Waals surface area contributed by atoms with Crippen molar-refractivity contribution in [3.05, 3.63) is 35.5 Å². The minimum Gasteiger partial charge on any atom is -0.351 e. The summed E-state index contributed by atoms with van der Waals surface area (Å²) in [4.78, 5) is 40.8. The maximum Gasteiger partial charge on any atom is 0.292 e. The Bertz CT molecular complexity index is 937. The van der Waals surface area contributed by atoms with Crippen molar-refractivity contribution in [1.29, 1.82) is 0 Å². The summed E-state index contributed by atoms with van der Waals surface area (Å²) in [7, 11) is 3.49. The van der Waals surface area contributed by atoms with Crippen molar-refractivity contribution in [1.82, 2.24) is 24.9 Å². The number of piperidine rings is 1. The molecule has 0 saturated carbocycles. The summed E-state index contributed by atoms with van der Waals surface area (Å²) in [5, 5.41) is 3.93. The van der Waals surface area contributed by atoms with Crippen LogP contribution in [0.4, 0.5) is 5.95 Å². The summed E-state index contributed by atoms with van der Waals surface area (Å²) in [6.07, 6.45) is 5.96. The van der Waals surface area contributed by atoms with Gasteiger partial charge in [0.25, 0.3) is 5.91 Å². The number of amides is 2. The van der Waals surface area contributed by atoms with E-state index < -0.39 is 0 Å². The molecule has 2 aromatic rings. The third-order valence-corrected chi connectivity index (χ3v) is 6.18. The number of nitrogens with zero attached hydrogens (tertiary/aromatic N) is 6. The van der Waals surface area contributed by atoms with E-state index in [1.165, 1.54) is 6.42 Å². The average Bonchev–Trinajstić information content (AvgIpc) is 3.46. The predicted molar refractivity (Wildman–Crippen MR) is 115 cm³/mol. The van der Waals surface area contributed by atoms with E-state index in [0.717, 1.165) is 37.3 Å². The minimum atomic E-state index is -0.364. The normalized spacial score (nSPS) is 21.4. The Hall–Kier alpha value is -2.97. The van der Waals surface area contributed by atoms with E-state index in [0.29, 0.717) is 25.5 Å². The van der Waals surface area contributed by atoms with Crippen LogP contribution in [0.1, 0.15) is 54.0 Å². The summed E-state index contributed by atoms with van der Waals surface area (Å²) in [5.41, 5.74) is 1.54. The fourth-order valence-electron chi connectivity index (χ4n) is 4.40. The molecule has 31 heavy (non-hydrogen) atoms.